The molecule has 0 bridgehead atoms. The molecule has 0 saturated carbocycles. The average molecular weight is 470 g/mol. The normalized spacial score (nSPS) is 11.1. The minimum absolute atomic E-state index is 0.121. The van der Waals surface area contributed by atoms with Crippen LogP contribution in [-0.4, -0.2) is 32.1 Å². The van der Waals surface area contributed by atoms with E-state index >= 15 is 0 Å². The number of carbonyl (C=O) groups excluding carboxylic acids is 1. The highest BCUT2D eigenvalue weighted by Crippen LogP contribution is 2.26. The van der Waals surface area contributed by atoms with Crippen LogP contribution >= 0.6 is 0 Å². The van der Waals surface area contributed by atoms with Crippen LogP contribution in [-0.2, 0) is 7.05 Å². The van der Waals surface area contributed by atoms with Crippen molar-refractivity contribution in [3.8, 4) is 28.8 Å². The van der Waals surface area contributed by atoms with Gasteiger partial charge in [-0.3, -0.25) is 4.68 Å². The lowest BCUT2D eigenvalue weighted by molar-refractivity contribution is -0.274. The maximum atomic E-state index is 12.4. The fourth-order valence-electron chi connectivity index (χ4n) is 2.90. The highest BCUT2D eigenvalue weighted by atomic mass is 19.4. The van der Waals surface area contributed by atoms with Gasteiger partial charge in [-0.2, -0.15) is 10.1 Å². The summed E-state index contributed by atoms with van der Waals surface area (Å²) in [6.45, 7) is 0. The summed E-state index contributed by atoms with van der Waals surface area (Å²) in [7, 11) is 1.78. The zero-order chi connectivity index (χ0) is 24.1. The highest BCUT2D eigenvalue weighted by molar-refractivity contribution is 5.99. The topological polar surface area (TPSA) is 103 Å². The maximum absolute atomic E-state index is 12.4. The van der Waals surface area contributed by atoms with Gasteiger partial charge in [0.05, 0.1) is 11.8 Å². The number of aryl methyl sites for hydroxylation is 1. The Morgan fingerprint density at radius 3 is 2.32 bits per heavy atom. The molecule has 12 heteroatoms. The van der Waals surface area contributed by atoms with Gasteiger partial charge in [0.1, 0.15) is 11.5 Å². The third-order valence-electron chi connectivity index (χ3n) is 4.23. The van der Waals surface area contributed by atoms with E-state index < -0.39 is 18.1 Å². The van der Waals surface area contributed by atoms with Gasteiger partial charge in [0.25, 0.3) is 0 Å². The number of rotatable bonds is 6. The molecule has 4 rings (SSSR count). The fourth-order valence-corrected chi connectivity index (χ4v) is 2.90. The average Bonchev–Trinajstić information content (AvgIpc) is 3.19. The van der Waals surface area contributed by atoms with E-state index in [2.05, 4.69) is 30.4 Å². The predicted molar refractivity (Wildman–Crippen MR) is 117 cm³/mol. The molecule has 0 aliphatic rings. The van der Waals surface area contributed by atoms with Crippen molar-refractivity contribution >= 4 is 17.4 Å². The van der Waals surface area contributed by atoms with Gasteiger partial charge in [0.15, 0.2) is 5.82 Å². The lowest BCUT2D eigenvalue weighted by atomic mass is 10.3. The summed E-state index contributed by atoms with van der Waals surface area (Å²) in [5.74, 6) is 0.679. The molecule has 174 valence electrons. The van der Waals surface area contributed by atoms with Crippen LogP contribution in [0.2, 0.25) is 0 Å². The Labute approximate surface area is 191 Å². The van der Waals surface area contributed by atoms with Crippen LogP contribution in [0.4, 0.5) is 29.3 Å². The monoisotopic (exact) mass is 470 g/mol. The molecule has 0 unspecified atom stereocenters. The Bertz CT molecular complexity index is 1310. The summed E-state index contributed by atoms with van der Waals surface area (Å²) < 4.78 is 48.4. The molecule has 2 heterocycles. The number of hydrogen-bond acceptors (Lipinski definition) is 6. The van der Waals surface area contributed by atoms with Crippen molar-refractivity contribution in [1.29, 1.82) is 0 Å². The molecule has 0 spiro atoms. The van der Waals surface area contributed by atoms with Crippen molar-refractivity contribution in [2.45, 2.75) is 6.36 Å². The van der Waals surface area contributed by atoms with Crippen molar-refractivity contribution in [2.75, 3.05) is 10.6 Å². The van der Waals surface area contributed by atoms with Gasteiger partial charge in [-0.05, 0) is 24.3 Å². The van der Waals surface area contributed by atoms with E-state index in [1.165, 1.54) is 12.1 Å². The number of carbonyl (C=O) groups is 1. The molecule has 4 aromatic rings. The Morgan fingerprint density at radius 1 is 1.00 bits per heavy atom. The number of aromatic nitrogens is 4. The van der Waals surface area contributed by atoms with Crippen LogP contribution in [0.25, 0.3) is 11.4 Å². The largest absolute Gasteiger partial charge is 0.573 e. The number of nitrogens with one attached hydrogen (secondary N) is 2. The van der Waals surface area contributed by atoms with Crippen molar-refractivity contribution < 1.29 is 27.4 Å². The number of halogens is 3. The van der Waals surface area contributed by atoms with Crippen molar-refractivity contribution in [3.05, 3.63) is 73.2 Å². The molecule has 9 nitrogen and oxygen atoms in total. The zero-order valence-corrected chi connectivity index (χ0v) is 17.6. The fraction of sp³-hybridized carbons (Fsp3) is 0.0909. The number of hydrogen-bond donors (Lipinski definition) is 2. The second-order valence-electron chi connectivity index (χ2n) is 6.91. The molecular formula is C22H17F3N6O3. The summed E-state index contributed by atoms with van der Waals surface area (Å²) in [4.78, 5) is 20.9. The lowest BCUT2D eigenvalue weighted by Crippen LogP contribution is -2.20. The summed E-state index contributed by atoms with van der Waals surface area (Å²) in [5.41, 5.74) is 1.24. The summed E-state index contributed by atoms with van der Waals surface area (Å²) in [6.07, 6.45) is 0.126. The van der Waals surface area contributed by atoms with Crippen LogP contribution in [0.5, 0.6) is 17.4 Å². The van der Waals surface area contributed by atoms with Crippen LogP contribution < -0.4 is 20.1 Å². The molecule has 0 aliphatic heterocycles. The van der Waals surface area contributed by atoms with Gasteiger partial charge in [-0.15, -0.1) is 13.2 Å². The molecule has 2 amide bonds. The number of alkyl halides is 3. The first-order chi connectivity index (χ1) is 16.2. The number of nitrogens with zero attached hydrogens (tertiary/aromatic N) is 4. The summed E-state index contributed by atoms with van der Waals surface area (Å²) in [5, 5.41) is 9.12. The number of urea groups is 1. The molecule has 0 atom stereocenters. The molecular weight excluding hydrogens is 453 g/mol. The number of ether oxygens (including phenoxy) is 2. The van der Waals surface area contributed by atoms with Crippen molar-refractivity contribution in [2.24, 2.45) is 7.05 Å². The molecule has 2 aromatic heterocycles. The van der Waals surface area contributed by atoms with E-state index in [4.69, 9.17) is 4.74 Å². The smallest absolute Gasteiger partial charge is 0.439 e. The second-order valence-corrected chi connectivity index (χ2v) is 6.91. The van der Waals surface area contributed by atoms with E-state index in [1.807, 2.05) is 0 Å². The number of benzene rings is 2. The first-order valence-electron chi connectivity index (χ1n) is 9.77. The number of amides is 2. The second kappa shape index (κ2) is 9.48. The third-order valence-corrected chi connectivity index (χ3v) is 4.23. The van der Waals surface area contributed by atoms with Crippen molar-refractivity contribution in [1.82, 2.24) is 19.7 Å². The standard InChI is InChI=1S/C22H17F3N6O3/c1-31-13-14(12-27-31)20-26-9-8-19(30-20)33-17-6-2-4-15(10-17)28-21(32)29-16-5-3-7-18(11-16)34-22(23,24)25/h2-13H,1H3,(H2,28,29,32). The quantitative estimate of drug-likeness (QED) is 0.401. The van der Waals surface area contributed by atoms with E-state index in [0.717, 1.165) is 17.7 Å². The van der Waals surface area contributed by atoms with E-state index in [-0.39, 0.29) is 11.6 Å². The van der Waals surface area contributed by atoms with Crippen molar-refractivity contribution in [3.63, 3.8) is 0 Å². The molecule has 0 fully saturated rings. The molecule has 2 N–H and O–H groups in total. The zero-order valence-electron chi connectivity index (χ0n) is 17.6. The molecule has 2 aromatic carbocycles. The van der Waals surface area contributed by atoms with Crippen LogP contribution in [0.15, 0.2) is 73.2 Å². The molecule has 0 aliphatic carbocycles. The Hall–Kier alpha value is -4.61. The predicted octanol–water partition coefficient (Wildman–Crippen LogP) is 5.21. The maximum Gasteiger partial charge on any atom is 0.573 e. The first-order valence-corrected chi connectivity index (χ1v) is 9.77. The minimum atomic E-state index is -4.83. The Balaban J connectivity index is 1.40. The molecule has 34 heavy (non-hydrogen) atoms. The number of anilines is 2. The molecule has 0 saturated heterocycles. The van der Waals surface area contributed by atoms with Gasteiger partial charge in [-0.1, -0.05) is 12.1 Å². The van der Waals surface area contributed by atoms with Crippen LogP contribution in [0, 0.1) is 0 Å². The summed E-state index contributed by atoms with van der Waals surface area (Å²) in [6, 6.07) is 12.4. The summed E-state index contributed by atoms with van der Waals surface area (Å²) >= 11 is 0. The van der Waals surface area contributed by atoms with E-state index in [9.17, 15) is 18.0 Å². The molecule has 0 radical (unpaired) electrons. The first kappa shape index (κ1) is 22.6. The Kier molecular flexibility index (Phi) is 6.30. The van der Waals surface area contributed by atoms with E-state index in [1.54, 1.807) is 60.7 Å². The SMILES string of the molecule is Cn1cc(-c2nccc(Oc3cccc(NC(=O)Nc4cccc(OC(F)(F)F)c4)c3)n2)cn1. The van der Waals surface area contributed by atoms with E-state index in [0.29, 0.717) is 17.3 Å². The van der Waals surface area contributed by atoms with Gasteiger partial charge >= 0.3 is 12.4 Å². The van der Waals surface area contributed by atoms with Gasteiger partial charge in [0.2, 0.25) is 5.88 Å². The van der Waals surface area contributed by atoms with Gasteiger partial charge in [0, 0.05) is 49.0 Å². The van der Waals surface area contributed by atoms with Gasteiger partial charge < -0.3 is 20.1 Å². The van der Waals surface area contributed by atoms with Gasteiger partial charge in [-0.25, -0.2) is 9.78 Å². The third kappa shape index (κ3) is 6.22. The van der Waals surface area contributed by atoms with Crippen LogP contribution in [0.3, 0.4) is 0 Å². The Morgan fingerprint density at radius 2 is 1.68 bits per heavy atom. The lowest BCUT2D eigenvalue weighted by Gasteiger charge is -2.12. The highest BCUT2D eigenvalue weighted by Gasteiger charge is 2.31. The minimum Gasteiger partial charge on any atom is -0.439 e. The van der Waals surface area contributed by atoms with Crippen LogP contribution in [0.1, 0.15) is 0 Å².